The van der Waals surface area contributed by atoms with E-state index in [0.29, 0.717) is 43.2 Å². The molecule has 13 nitrogen and oxygen atoms in total. The van der Waals surface area contributed by atoms with Gasteiger partial charge in [-0.25, -0.2) is 9.59 Å². The number of hydrogen-bond donors (Lipinski definition) is 3. The molecule has 0 bridgehead atoms. The summed E-state index contributed by atoms with van der Waals surface area (Å²) in [5, 5.41) is 29.8. The van der Waals surface area contributed by atoms with E-state index >= 15 is 4.79 Å². The van der Waals surface area contributed by atoms with Crippen LogP contribution in [-0.4, -0.2) is 84.4 Å². The highest BCUT2D eigenvalue weighted by atomic mass is 16.7. The lowest BCUT2D eigenvalue weighted by molar-refractivity contribution is -0.256. The summed E-state index contributed by atoms with van der Waals surface area (Å²) in [7, 11) is 0. The van der Waals surface area contributed by atoms with Crippen molar-refractivity contribution in [2.45, 2.75) is 89.4 Å². The Bertz CT molecular complexity index is 2600. The van der Waals surface area contributed by atoms with Gasteiger partial charge in [0.25, 0.3) is 0 Å². The third-order valence-corrected chi connectivity index (χ3v) is 13.8. The molecule has 1 fully saturated rings. The molecule has 13 heteroatoms. The molecule has 6 unspecified atom stereocenters. The lowest BCUT2D eigenvalue weighted by atomic mass is 9.55. The van der Waals surface area contributed by atoms with Crippen LogP contribution in [0, 0.1) is 17.8 Å². The zero-order chi connectivity index (χ0) is 49.4. The molecule has 1 saturated carbocycles. The minimum Gasteiger partial charge on any atom is -0.459 e. The number of unbranched alkanes of at least 4 members (excludes halogenated alkanes) is 2. The van der Waals surface area contributed by atoms with Gasteiger partial charge in [-0.2, -0.15) is 0 Å². The normalized spacial score (nSPS) is 21.5. The predicted octanol–water partition coefficient (Wildman–Crippen LogP) is 10.6. The number of fused-ring (bicyclic) bond motifs is 3. The average Bonchev–Trinajstić information content (AvgIpc) is 3.39. The Morgan fingerprint density at radius 1 is 0.859 bits per heavy atom. The topological polar surface area (TPSA) is 158 Å². The predicted molar refractivity (Wildman–Crippen MR) is 273 cm³/mol. The summed E-state index contributed by atoms with van der Waals surface area (Å²) in [4.78, 5) is 36.2. The number of ether oxygens (including phenoxy) is 5. The molecular weight excluding hydrogens is 899 g/mol. The molecule has 5 aromatic carbocycles. The molecule has 3 N–H and O–H groups in total. The van der Waals surface area contributed by atoms with E-state index in [0.717, 1.165) is 64.3 Å². The van der Waals surface area contributed by atoms with E-state index in [1.54, 1.807) is 17.0 Å². The number of aliphatic hydroxyl groups is 2. The number of carbonyl (C=O) groups is 2. The van der Waals surface area contributed by atoms with Gasteiger partial charge < -0.3 is 44.1 Å². The van der Waals surface area contributed by atoms with E-state index in [1.165, 1.54) is 0 Å². The van der Waals surface area contributed by atoms with Crippen molar-refractivity contribution in [1.29, 1.82) is 0 Å². The Morgan fingerprint density at radius 3 is 2.32 bits per heavy atom. The monoisotopic (exact) mass is 965 g/mol. The van der Waals surface area contributed by atoms with Crippen LogP contribution in [0.2, 0.25) is 0 Å². The molecule has 0 saturated heterocycles. The number of allylic oxidation sites excluding steroid dienone is 1. The number of aliphatic hydroxyl groups excluding tert-OH is 2. The van der Waals surface area contributed by atoms with Crippen molar-refractivity contribution in [3.63, 3.8) is 0 Å². The first-order valence-corrected chi connectivity index (χ1v) is 25.1. The van der Waals surface area contributed by atoms with E-state index in [-0.39, 0.29) is 70.4 Å². The van der Waals surface area contributed by atoms with Crippen LogP contribution < -0.4 is 14.8 Å². The van der Waals surface area contributed by atoms with Crippen molar-refractivity contribution in [2.24, 2.45) is 22.9 Å². The van der Waals surface area contributed by atoms with Crippen molar-refractivity contribution in [2.75, 3.05) is 39.6 Å². The lowest BCUT2D eigenvalue weighted by Crippen LogP contribution is -2.70. The van der Waals surface area contributed by atoms with Gasteiger partial charge in [0.2, 0.25) is 5.79 Å². The molecule has 0 radical (unpaired) electrons. The molecule has 6 atom stereocenters. The van der Waals surface area contributed by atoms with Crippen molar-refractivity contribution in [3.8, 4) is 11.5 Å². The van der Waals surface area contributed by atoms with Crippen LogP contribution in [0.1, 0.15) is 80.0 Å². The van der Waals surface area contributed by atoms with Gasteiger partial charge in [-0.15, -0.1) is 6.58 Å². The maximum Gasteiger partial charge on any atom is 0.412 e. The summed E-state index contributed by atoms with van der Waals surface area (Å²) in [6, 6.07) is 38.4. The minimum atomic E-state index is -1.56. The van der Waals surface area contributed by atoms with Crippen molar-refractivity contribution >= 4 is 28.7 Å². The van der Waals surface area contributed by atoms with Gasteiger partial charge in [-0.3, -0.25) is 4.90 Å². The van der Waals surface area contributed by atoms with Crippen LogP contribution in [0.4, 0.5) is 9.59 Å². The van der Waals surface area contributed by atoms with E-state index < -0.39 is 29.9 Å². The van der Waals surface area contributed by atoms with Gasteiger partial charge in [-0.1, -0.05) is 133 Å². The third kappa shape index (κ3) is 12.2. The smallest absolute Gasteiger partial charge is 0.412 e. The molecule has 8 rings (SSSR count). The van der Waals surface area contributed by atoms with E-state index in [9.17, 15) is 15.0 Å². The number of nitrogens with zero attached hydrogens (tertiary/aromatic N) is 2. The summed E-state index contributed by atoms with van der Waals surface area (Å²) < 4.78 is 32.8. The first kappa shape index (κ1) is 50.9. The zero-order valence-corrected chi connectivity index (χ0v) is 40.7. The molecular formula is C58H67N3O10. The first-order valence-electron chi connectivity index (χ1n) is 25.1. The Labute approximate surface area is 417 Å². The molecule has 2 amide bonds. The van der Waals surface area contributed by atoms with E-state index in [2.05, 4.69) is 36.2 Å². The fraction of sp³-hybridized carbons (Fsp3) is 0.397. The molecule has 2 aliphatic carbocycles. The molecule has 71 heavy (non-hydrogen) atoms. The minimum absolute atomic E-state index is 0.00368. The Morgan fingerprint density at radius 2 is 1.58 bits per heavy atom. The summed E-state index contributed by atoms with van der Waals surface area (Å²) in [5.41, 5.74) is 5.20. The highest BCUT2D eigenvalue weighted by Crippen LogP contribution is 2.62. The van der Waals surface area contributed by atoms with Gasteiger partial charge >= 0.3 is 12.2 Å². The lowest BCUT2D eigenvalue weighted by Gasteiger charge is -2.59. The highest BCUT2D eigenvalue weighted by molar-refractivity contribution is 6.03. The van der Waals surface area contributed by atoms with Crippen molar-refractivity contribution in [1.82, 2.24) is 10.2 Å². The number of amides is 2. The largest absolute Gasteiger partial charge is 0.459 e. The fourth-order valence-corrected chi connectivity index (χ4v) is 10.7. The van der Waals surface area contributed by atoms with Gasteiger partial charge in [0.1, 0.15) is 30.8 Å². The summed E-state index contributed by atoms with van der Waals surface area (Å²) >= 11 is 0. The van der Waals surface area contributed by atoms with Gasteiger partial charge in [0, 0.05) is 37.7 Å². The molecule has 0 spiro atoms. The second-order valence-corrected chi connectivity index (χ2v) is 18.4. The van der Waals surface area contributed by atoms with Crippen LogP contribution in [0.3, 0.4) is 0 Å². The number of nitrogens with one attached hydrogen (secondary N) is 1. The fourth-order valence-electron chi connectivity index (χ4n) is 10.7. The standard InChI is InChI=1S/C58H67N3O10/c1-3-32-68-58-53(61(38-45-25-17-24-43-22-11-12-26-47(43)45)57(65)67-34-33-66-39-41-18-7-5-8-19-41)37-51(60-69-40-42-20-9-6-10-21-42)49-35-44(23-13-15-30-62)48(27-14-16-31-63)54(55(49)58)50-36-46(28-29-52(50)71-58)70-56(64)59-4-2/h3,5-12,17-22,24-26,28-29,35-36,44,48,53-55,62-63H,1,4,13-16,23,27,30-34,37-40H2,2H3,(H,59,64). The van der Waals surface area contributed by atoms with E-state index in [1.807, 2.05) is 104 Å². The third-order valence-electron chi connectivity index (χ3n) is 13.8. The summed E-state index contributed by atoms with van der Waals surface area (Å²) in [6.45, 7) is 7.37. The van der Waals surface area contributed by atoms with Crippen LogP contribution in [0.5, 0.6) is 11.5 Å². The quantitative estimate of drug-likeness (QED) is 0.0309. The average molecular weight is 966 g/mol. The number of benzene rings is 5. The highest BCUT2D eigenvalue weighted by Gasteiger charge is 2.65. The Hall–Kier alpha value is -6.51. The Kier molecular flexibility index (Phi) is 17.9. The van der Waals surface area contributed by atoms with Gasteiger partial charge in [-0.05, 0) is 95.7 Å². The summed E-state index contributed by atoms with van der Waals surface area (Å²) in [6.07, 6.45) is 7.27. The molecule has 1 heterocycles. The second kappa shape index (κ2) is 25.0. The number of carbonyl (C=O) groups excluding carboxylic acids is 2. The van der Waals surface area contributed by atoms with Crippen LogP contribution in [-0.2, 0) is 38.8 Å². The maximum absolute atomic E-state index is 15.3. The van der Waals surface area contributed by atoms with Gasteiger partial charge in [0.05, 0.1) is 38.0 Å². The van der Waals surface area contributed by atoms with Crippen LogP contribution in [0.15, 0.2) is 151 Å². The first-order chi connectivity index (χ1) is 34.9. The van der Waals surface area contributed by atoms with Crippen molar-refractivity contribution < 1.29 is 48.3 Å². The number of oxime groups is 1. The zero-order valence-electron chi connectivity index (χ0n) is 40.7. The number of hydrogen-bond acceptors (Lipinski definition) is 11. The Balaban J connectivity index is 1.30. The molecule has 0 aromatic heterocycles. The molecule has 3 aliphatic rings. The molecule has 5 aromatic rings. The van der Waals surface area contributed by atoms with Gasteiger partial charge in [0.15, 0.2) is 0 Å². The molecule has 1 aliphatic heterocycles. The number of rotatable bonds is 24. The van der Waals surface area contributed by atoms with Crippen molar-refractivity contribution in [3.05, 3.63) is 168 Å². The molecule has 374 valence electrons. The van der Waals surface area contributed by atoms with Crippen LogP contribution in [0.25, 0.3) is 10.8 Å². The van der Waals surface area contributed by atoms with E-state index in [4.69, 9.17) is 33.7 Å². The second-order valence-electron chi connectivity index (χ2n) is 18.4. The summed E-state index contributed by atoms with van der Waals surface area (Å²) in [5.74, 6) is -1.68. The maximum atomic E-state index is 15.3. The SMILES string of the molecule is C=CCOC12Oc3ccc(OC(=O)NCC)cc3C3C(CCCCO)C(CCCCO)C=C(C(=NOCc4ccccc4)CC1N(Cc1cccc4ccccc14)C(=O)OCCOCc1ccccc1)C32. The van der Waals surface area contributed by atoms with Crippen LogP contribution >= 0.6 is 0 Å².